The van der Waals surface area contributed by atoms with Gasteiger partial charge in [0.2, 0.25) is 5.88 Å². The molecule has 2 heterocycles. The van der Waals surface area contributed by atoms with Crippen LogP contribution in [0.2, 0.25) is 5.15 Å². The molecule has 0 saturated carbocycles. The van der Waals surface area contributed by atoms with Gasteiger partial charge in [-0.15, -0.1) is 0 Å². The Morgan fingerprint density at radius 1 is 1.40 bits per heavy atom. The smallest absolute Gasteiger partial charge is 0.256 e. The van der Waals surface area contributed by atoms with Crippen LogP contribution in [-0.4, -0.2) is 19.6 Å². The van der Waals surface area contributed by atoms with Crippen molar-refractivity contribution in [3.8, 4) is 11.6 Å². The number of ether oxygens (including phenoxy) is 1. The number of hydrogen-bond acceptors (Lipinski definition) is 4. The zero-order valence-corrected chi connectivity index (χ0v) is 12.5. The first-order chi connectivity index (χ1) is 9.56. The molecule has 0 N–H and O–H groups in total. The lowest BCUT2D eigenvalue weighted by Crippen LogP contribution is -2.02. The summed E-state index contributed by atoms with van der Waals surface area (Å²) in [5.74, 6) is 0.784. The van der Waals surface area contributed by atoms with E-state index in [2.05, 4.69) is 31.0 Å². The van der Waals surface area contributed by atoms with Crippen molar-refractivity contribution in [3.05, 3.63) is 45.5 Å². The molecule has 3 rings (SSSR count). The van der Waals surface area contributed by atoms with Gasteiger partial charge in [0.05, 0.1) is 4.47 Å². The topological polar surface area (TPSA) is 52.3 Å². The normalized spacial score (nSPS) is 11.0. The van der Waals surface area contributed by atoms with Gasteiger partial charge in [-0.05, 0) is 41.1 Å². The second-order valence-corrected chi connectivity index (χ2v) is 5.19. The molecule has 0 spiro atoms. The molecule has 5 nitrogen and oxygen atoms in total. The number of aromatic nitrogens is 4. The van der Waals surface area contributed by atoms with Crippen molar-refractivity contribution in [3.63, 3.8) is 0 Å². The standard InChI is InChI=1S/C12H7BrClFN4O/c1-6-10(14)18-12-16-5-17-19(12)11(6)20-9-3-2-7(15)4-8(9)13/h2-5H,1H3. The Bertz CT molecular complexity index is 807. The van der Waals surface area contributed by atoms with E-state index in [-0.39, 0.29) is 11.0 Å². The number of benzene rings is 1. The summed E-state index contributed by atoms with van der Waals surface area (Å²) in [5, 5.41) is 4.31. The molecule has 0 fully saturated rings. The highest BCUT2D eigenvalue weighted by Gasteiger charge is 2.15. The third kappa shape index (κ3) is 2.23. The number of fused-ring (bicyclic) bond motifs is 1. The van der Waals surface area contributed by atoms with Gasteiger partial charge in [-0.1, -0.05) is 11.6 Å². The number of hydrogen-bond donors (Lipinski definition) is 0. The fourth-order valence-electron chi connectivity index (χ4n) is 1.66. The molecule has 0 unspecified atom stereocenters. The Labute approximate surface area is 126 Å². The molecule has 0 aliphatic heterocycles. The second kappa shape index (κ2) is 4.99. The van der Waals surface area contributed by atoms with Gasteiger partial charge in [-0.25, -0.2) is 4.39 Å². The van der Waals surface area contributed by atoms with Gasteiger partial charge in [0, 0.05) is 5.56 Å². The number of nitrogens with zero attached hydrogens (tertiary/aromatic N) is 4. The second-order valence-electron chi connectivity index (χ2n) is 3.98. The van der Waals surface area contributed by atoms with Crippen molar-refractivity contribution < 1.29 is 9.13 Å². The highest BCUT2D eigenvalue weighted by Crippen LogP contribution is 2.33. The summed E-state index contributed by atoms with van der Waals surface area (Å²) in [5.41, 5.74) is 0.612. The van der Waals surface area contributed by atoms with Crippen LogP contribution in [0.1, 0.15) is 5.56 Å². The van der Waals surface area contributed by atoms with E-state index in [1.165, 1.54) is 29.0 Å². The minimum absolute atomic E-state index is 0.277. The maximum atomic E-state index is 13.1. The van der Waals surface area contributed by atoms with Crippen molar-refractivity contribution in [2.45, 2.75) is 6.92 Å². The lowest BCUT2D eigenvalue weighted by atomic mass is 10.3. The van der Waals surface area contributed by atoms with E-state index in [4.69, 9.17) is 16.3 Å². The first-order valence-corrected chi connectivity index (χ1v) is 6.72. The average molecular weight is 358 g/mol. The predicted molar refractivity (Wildman–Crippen MR) is 74.7 cm³/mol. The molecule has 20 heavy (non-hydrogen) atoms. The molecule has 0 aliphatic rings. The van der Waals surface area contributed by atoms with Gasteiger partial charge in [-0.2, -0.15) is 19.6 Å². The fourth-order valence-corrected chi connectivity index (χ4v) is 2.24. The molecule has 3 aromatic rings. The summed E-state index contributed by atoms with van der Waals surface area (Å²) in [6, 6.07) is 4.12. The number of rotatable bonds is 2. The molecule has 1 aromatic carbocycles. The first-order valence-electron chi connectivity index (χ1n) is 5.55. The molecule has 0 aliphatic carbocycles. The first kappa shape index (κ1) is 13.3. The van der Waals surface area contributed by atoms with Crippen molar-refractivity contribution in [2.24, 2.45) is 0 Å². The van der Waals surface area contributed by atoms with Crippen molar-refractivity contribution in [1.82, 2.24) is 19.6 Å². The van der Waals surface area contributed by atoms with Crippen LogP contribution in [0.25, 0.3) is 5.78 Å². The van der Waals surface area contributed by atoms with Gasteiger partial charge in [0.1, 0.15) is 23.0 Å². The quantitative estimate of drug-likeness (QED) is 0.655. The van der Waals surface area contributed by atoms with Gasteiger partial charge in [0.15, 0.2) is 0 Å². The zero-order chi connectivity index (χ0) is 14.3. The SMILES string of the molecule is Cc1c(Cl)nc2ncnn2c1Oc1ccc(F)cc1Br. The maximum Gasteiger partial charge on any atom is 0.256 e. The molecule has 2 aromatic heterocycles. The molecule has 0 atom stereocenters. The Hall–Kier alpha value is -1.73. The van der Waals surface area contributed by atoms with Crippen LogP contribution in [0.4, 0.5) is 4.39 Å². The van der Waals surface area contributed by atoms with Crippen LogP contribution in [0.5, 0.6) is 11.6 Å². The van der Waals surface area contributed by atoms with E-state index >= 15 is 0 Å². The van der Waals surface area contributed by atoms with Crippen LogP contribution < -0.4 is 4.74 Å². The Morgan fingerprint density at radius 3 is 2.95 bits per heavy atom. The van der Waals surface area contributed by atoms with Gasteiger partial charge >= 0.3 is 0 Å². The van der Waals surface area contributed by atoms with E-state index in [0.717, 1.165) is 0 Å². The molecular weight excluding hydrogens is 351 g/mol. The largest absolute Gasteiger partial charge is 0.437 e. The highest BCUT2D eigenvalue weighted by molar-refractivity contribution is 9.10. The summed E-state index contributed by atoms with van der Waals surface area (Å²) in [7, 11) is 0. The van der Waals surface area contributed by atoms with E-state index in [1.54, 1.807) is 6.92 Å². The van der Waals surface area contributed by atoms with Crippen LogP contribution in [0.15, 0.2) is 29.0 Å². The lowest BCUT2D eigenvalue weighted by molar-refractivity contribution is 0.438. The summed E-state index contributed by atoms with van der Waals surface area (Å²) in [4.78, 5) is 8.04. The molecule has 0 bridgehead atoms. The van der Waals surface area contributed by atoms with E-state index < -0.39 is 0 Å². The summed E-state index contributed by atoms with van der Waals surface area (Å²) < 4.78 is 20.8. The zero-order valence-electron chi connectivity index (χ0n) is 10.1. The Balaban J connectivity index is 2.14. The van der Waals surface area contributed by atoms with E-state index in [9.17, 15) is 4.39 Å². The van der Waals surface area contributed by atoms with Crippen LogP contribution in [-0.2, 0) is 0 Å². The summed E-state index contributed by atoms with van der Waals surface area (Å²) in [6.45, 7) is 1.75. The van der Waals surface area contributed by atoms with Crippen molar-refractivity contribution in [2.75, 3.05) is 0 Å². The summed E-state index contributed by atoms with van der Waals surface area (Å²) >= 11 is 9.28. The third-order valence-corrected chi connectivity index (χ3v) is 3.64. The molecule has 0 radical (unpaired) electrons. The third-order valence-electron chi connectivity index (χ3n) is 2.65. The molecule has 0 saturated heterocycles. The minimum Gasteiger partial charge on any atom is -0.437 e. The van der Waals surface area contributed by atoms with Crippen LogP contribution in [0, 0.1) is 12.7 Å². The average Bonchev–Trinajstić information content (AvgIpc) is 2.85. The fraction of sp³-hybridized carbons (Fsp3) is 0.0833. The van der Waals surface area contributed by atoms with Gasteiger partial charge < -0.3 is 4.74 Å². The lowest BCUT2D eigenvalue weighted by Gasteiger charge is -2.11. The maximum absolute atomic E-state index is 13.1. The monoisotopic (exact) mass is 356 g/mol. The van der Waals surface area contributed by atoms with Crippen LogP contribution in [0.3, 0.4) is 0 Å². The van der Waals surface area contributed by atoms with E-state index in [1.807, 2.05) is 0 Å². The Morgan fingerprint density at radius 2 is 2.20 bits per heavy atom. The summed E-state index contributed by atoms with van der Waals surface area (Å²) in [6.07, 6.45) is 1.35. The minimum atomic E-state index is -0.361. The predicted octanol–water partition coefficient (Wildman–Crippen LogP) is 3.78. The van der Waals surface area contributed by atoms with Gasteiger partial charge in [-0.3, -0.25) is 0 Å². The molecular formula is C12H7BrClFN4O. The Kier molecular flexibility index (Phi) is 3.31. The van der Waals surface area contributed by atoms with Crippen molar-refractivity contribution in [1.29, 1.82) is 0 Å². The van der Waals surface area contributed by atoms with Gasteiger partial charge in [0.25, 0.3) is 5.78 Å². The van der Waals surface area contributed by atoms with E-state index in [0.29, 0.717) is 27.4 Å². The number of halogens is 3. The molecule has 0 amide bonds. The van der Waals surface area contributed by atoms with Crippen LogP contribution >= 0.6 is 27.5 Å². The van der Waals surface area contributed by atoms with Crippen molar-refractivity contribution >= 4 is 33.3 Å². The highest BCUT2D eigenvalue weighted by atomic mass is 79.9. The molecule has 8 heteroatoms. The molecule has 102 valence electrons.